The Balaban J connectivity index is 1.82. The number of ether oxygens (including phenoxy) is 1. The molecule has 0 radical (unpaired) electrons. The summed E-state index contributed by atoms with van der Waals surface area (Å²) in [7, 11) is 0. The van der Waals surface area contributed by atoms with E-state index < -0.39 is 6.04 Å². The van der Waals surface area contributed by atoms with Crippen molar-refractivity contribution in [3.05, 3.63) is 99.5 Å². The monoisotopic (exact) mass is 554 g/mol. The molecule has 0 saturated heterocycles. The third-order valence-electron chi connectivity index (χ3n) is 6.43. The van der Waals surface area contributed by atoms with Gasteiger partial charge in [0.1, 0.15) is 11.8 Å². The number of nitrogens with zero attached hydrogens (tertiary/aromatic N) is 1. The molecular weight excluding hydrogens is 519 g/mol. The fourth-order valence-electron chi connectivity index (χ4n) is 4.02. The fraction of sp³-hybridized carbons (Fsp3) is 0.355. The number of halogens is 2. The lowest BCUT2D eigenvalue weighted by atomic mass is 10.0. The first-order valence-corrected chi connectivity index (χ1v) is 13.8. The number of carbonyl (C=O) groups excluding carboxylic acids is 2. The summed E-state index contributed by atoms with van der Waals surface area (Å²) >= 11 is 12.4. The van der Waals surface area contributed by atoms with E-state index in [1.54, 1.807) is 17.0 Å². The summed E-state index contributed by atoms with van der Waals surface area (Å²) in [5, 5.41) is 3.93. The Kier molecular flexibility index (Phi) is 11.5. The first kappa shape index (κ1) is 29.5. The van der Waals surface area contributed by atoms with Crippen LogP contribution in [0.15, 0.2) is 72.8 Å². The number of hydrogen-bond acceptors (Lipinski definition) is 3. The largest absolute Gasteiger partial charge is 0.494 e. The molecule has 5 nitrogen and oxygen atoms in total. The zero-order valence-corrected chi connectivity index (χ0v) is 23.8. The average Bonchev–Trinajstić information content (AvgIpc) is 2.91. The van der Waals surface area contributed by atoms with Gasteiger partial charge in [-0.25, -0.2) is 0 Å². The van der Waals surface area contributed by atoms with Gasteiger partial charge in [0, 0.05) is 25.4 Å². The summed E-state index contributed by atoms with van der Waals surface area (Å²) in [6.07, 6.45) is 1.96. The van der Waals surface area contributed by atoms with Gasteiger partial charge in [-0.2, -0.15) is 0 Å². The third-order valence-corrected chi connectivity index (χ3v) is 7.17. The first-order chi connectivity index (χ1) is 18.3. The Hall–Kier alpha value is -3.02. The van der Waals surface area contributed by atoms with Crippen LogP contribution in [0.1, 0.15) is 49.8 Å². The maximum atomic E-state index is 13.7. The van der Waals surface area contributed by atoms with Gasteiger partial charge in [0.2, 0.25) is 11.8 Å². The van der Waals surface area contributed by atoms with Crippen LogP contribution < -0.4 is 10.1 Å². The predicted octanol–water partition coefficient (Wildman–Crippen LogP) is 7.02. The molecule has 2 amide bonds. The molecule has 7 heteroatoms. The van der Waals surface area contributed by atoms with Crippen molar-refractivity contribution in [1.29, 1.82) is 0 Å². The van der Waals surface area contributed by atoms with E-state index in [9.17, 15) is 9.59 Å². The number of aryl methyl sites for hydroxylation is 1. The van der Waals surface area contributed by atoms with Gasteiger partial charge in [0.05, 0.1) is 16.7 Å². The molecule has 3 aromatic carbocycles. The Bertz CT molecular complexity index is 1190. The molecular formula is C31H36Cl2N2O3. The van der Waals surface area contributed by atoms with Crippen molar-refractivity contribution < 1.29 is 14.3 Å². The molecule has 3 rings (SSSR count). The molecule has 0 bridgehead atoms. The molecule has 0 aromatic heterocycles. The Labute approximate surface area is 236 Å². The normalized spacial score (nSPS) is 12.4. The van der Waals surface area contributed by atoms with Crippen molar-refractivity contribution in [2.75, 3.05) is 6.61 Å². The van der Waals surface area contributed by atoms with E-state index in [4.69, 9.17) is 27.9 Å². The highest BCUT2D eigenvalue weighted by molar-refractivity contribution is 6.42. The second-order valence-electron chi connectivity index (χ2n) is 9.56. The molecule has 0 saturated carbocycles. The van der Waals surface area contributed by atoms with Crippen LogP contribution in [0.5, 0.6) is 5.75 Å². The maximum absolute atomic E-state index is 13.7. The number of nitrogens with one attached hydrogen (secondary N) is 1. The lowest BCUT2D eigenvalue weighted by Crippen LogP contribution is -2.52. The third kappa shape index (κ3) is 9.07. The highest BCUT2D eigenvalue weighted by atomic mass is 35.5. The molecule has 0 heterocycles. The summed E-state index contributed by atoms with van der Waals surface area (Å²) in [6, 6.07) is 22.2. The quantitative estimate of drug-likeness (QED) is 0.231. The van der Waals surface area contributed by atoms with E-state index in [2.05, 4.69) is 5.32 Å². The van der Waals surface area contributed by atoms with Crippen molar-refractivity contribution in [2.24, 2.45) is 0 Å². The Morgan fingerprint density at radius 1 is 0.947 bits per heavy atom. The zero-order chi connectivity index (χ0) is 27.5. The number of carbonyl (C=O) groups is 2. The molecule has 0 fully saturated rings. The molecule has 0 aliphatic rings. The highest BCUT2D eigenvalue weighted by Crippen LogP contribution is 2.25. The molecule has 38 heavy (non-hydrogen) atoms. The number of benzene rings is 3. The van der Waals surface area contributed by atoms with Gasteiger partial charge in [0.25, 0.3) is 0 Å². The lowest BCUT2D eigenvalue weighted by molar-refractivity contribution is -0.141. The van der Waals surface area contributed by atoms with Crippen LogP contribution in [0.25, 0.3) is 0 Å². The van der Waals surface area contributed by atoms with Crippen LogP contribution in [-0.4, -0.2) is 35.4 Å². The summed E-state index contributed by atoms with van der Waals surface area (Å²) in [4.78, 5) is 28.9. The first-order valence-electron chi connectivity index (χ1n) is 13.0. The van der Waals surface area contributed by atoms with Crippen LogP contribution in [0.4, 0.5) is 0 Å². The van der Waals surface area contributed by atoms with Crippen LogP contribution in [-0.2, 0) is 22.6 Å². The Morgan fingerprint density at radius 2 is 1.66 bits per heavy atom. The second kappa shape index (κ2) is 14.8. The minimum atomic E-state index is -0.689. The van der Waals surface area contributed by atoms with Gasteiger partial charge >= 0.3 is 0 Å². The van der Waals surface area contributed by atoms with E-state index in [1.165, 1.54) is 0 Å². The number of rotatable bonds is 13. The fourth-order valence-corrected chi connectivity index (χ4v) is 4.34. The van der Waals surface area contributed by atoms with Gasteiger partial charge in [-0.3, -0.25) is 9.59 Å². The molecule has 0 unspecified atom stereocenters. The van der Waals surface area contributed by atoms with Crippen LogP contribution >= 0.6 is 23.2 Å². The van der Waals surface area contributed by atoms with Crippen molar-refractivity contribution in [3.8, 4) is 5.75 Å². The van der Waals surface area contributed by atoms with Crippen LogP contribution in [0.3, 0.4) is 0 Å². The van der Waals surface area contributed by atoms with Gasteiger partial charge in [-0.05, 0) is 62.1 Å². The predicted molar refractivity (Wildman–Crippen MR) is 155 cm³/mol. The second-order valence-corrected chi connectivity index (χ2v) is 10.4. The molecule has 2 atom stereocenters. The van der Waals surface area contributed by atoms with Gasteiger partial charge in [-0.15, -0.1) is 0 Å². The molecule has 1 N–H and O–H groups in total. The number of hydrogen-bond donors (Lipinski definition) is 1. The maximum Gasteiger partial charge on any atom is 0.243 e. The van der Waals surface area contributed by atoms with Crippen molar-refractivity contribution in [3.63, 3.8) is 0 Å². The van der Waals surface area contributed by atoms with Crippen molar-refractivity contribution in [2.45, 2.75) is 65.1 Å². The molecule has 202 valence electrons. The van der Waals surface area contributed by atoms with Crippen molar-refractivity contribution in [1.82, 2.24) is 10.2 Å². The van der Waals surface area contributed by atoms with Gasteiger partial charge in [0.15, 0.2) is 0 Å². The van der Waals surface area contributed by atoms with E-state index in [0.29, 0.717) is 29.5 Å². The zero-order valence-electron chi connectivity index (χ0n) is 22.3. The van der Waals surface area contributed by atoms with Gasteiger partial charge in [-0.1, -0.05) is 84.2 Å². The topological polar surface area (TPSA) is 58.6 Å². The molecule has 0 aliphatic carbocycles. The summed E-state index contributed by atoms with van der Waals surface area (Å²) in [6.45, 7) is 6.64. The summed E-state index contributed by atoms with van der Waals surface area (Å²) in [5.74, 6) is 0.474. The lowest BCUT2D eigenvalue weighted by Gasteiger charge is -2.32. The Morgan fingerprint density at radius 3 is 2.32 bits per heavy atom. The minimum Gasteiger partial charge on any atom is -0.494 e. The van der Waals surface area contributed by atoms with E-state index in [1.807, 2.05) is 81.4 Å². The van der Waals surface area contributed by atoms with Crippen LogP contribution in [0, 0.1) is 6.92 Å². The molecule has 0 spiro atoms. The van der Waals surface area contributed by atoms with Gasteiger partial charge < -0.3 is 15.0 Å². The summed E-state index contributed by atoms with van der Waals surface area (Å²) < 4.78 is 5.83. The highest BCUT2D eigenvalue weighted by Gasteiger charge is 2.30. The molecule has 3 aromatic rings. The smallest absolute Gasteiger partial charge is 0.243 e. The van der Waals surface area contributed by atoms with E-state index in [-0.39, 0.29) is 30.8 Å². The molecule has 0 aliphatic heterocycles. The van der Waals surface area contributed by atoms with E-state index >= 15 is 0 Å². The minimum absolute atomic E-state index is 0.00869. The van der Waals surface area contributed by atoms with Crippen molar-refractivity contribution >= 4 is 35.0 Å². The van der Waals surface area contributed by atoms with Crippen LogP contribution in [0.2, 0.25) is 10.0 Å². The standard InChI is InChI=1S/C31H36Cl2N2O3/c1-4-23(3)34-31(37)29(20-24-9-6-5-7-10-24)35(21-25-14-17-27(32)28(33)19-25)30(36)11-8-18-38-26-15-12-22(2)13-16-26/h5-7,9-10,12-17,19,23,29H,4,8,11,18,20-21H2,1-3H3,(H,34,37)/t23-,29-/m0/s1. The average molecular weight is 556 g/mol. The SMILES string of the molecule is CC[C@H](C)NC(=O)[C@H](Cc1ccccc1)N(Cc1ccc(Cl)c(Cl)c1)C(=O)CCCOc1ccc(C)cc1. The van der Waals surface area contributed by atoms with E-state index in [0.717, 1.165) is 28.9 Å². The number of amides is 2. The summed E-state index contributed by atoms with van der Waals surface area (Å²) in [5.41, 5.74) is 2.94.